The smallest absolute Gasteiger partial charge is 0.228 e. The Morgan fingerprint density at radius 3 is 2.77 bits per heavy atom. The summed E-state index contributed by atoms with van der Waals surface area (Å²) in [4.78, 5) is 25.2. The van der Waals surface area contributed by atoms with Gasteiger partial charge < -0.3 is 15.1 Å². The molecule has 1 aliphatic carbocycles. The molecule has 1 fully saturated rings. The molecule has 0 saturated heterocycles. The first-order valence-electron chi connectivity index (χ1n) is 9.88. The van der Waals surface area contributed by atoms with Crippen molar-refractivity contribution in [1.82, 2.24) is 15.0 Å². The van der Waals surface area contributed by atoms with Crippen molar-refractivity contribution in [3.63, 3.8) is 0 Å². The van der Waals surface area contributed by atoms with Crippen molar-refractivity contribution in [2.45, 2.75) is 19.5 Å². The van der Waals surface area contributed by atoms with Crippen LogP contribution in [-0.4, -0.2) is 27.9 Å². The van der Waals surface area contributed by atoms with E-state index in [-0.39, 0.29) is 17.6 Å². The minimum atomic E-state index is -0.668. The Morgan fingerprint density at radius 2 is 2.00 bits per heavy atom. The van der Waals surface area contributed by atoms with Crippen molar-refractivity contribution in [2.24, 2.45) is 5.92 Å². The molecule has 8 heteroatoms. The summed E-state index contributed by atoms with van der Waals surface area (Å²) in [5, 5.41) is 8.28. The quantitative estimate of drug-likeness (QED) is 0.489. The number of rotatable bonds is 4. The number of halogens is 1. The molecule has 0 aromatic carbocycles. The van der Waals surface area contributed by atoms with Gasteiger partial charge in [0.25, 0.3) is 0 Å². The maximum Gasteiger partial charge on any atom is 0.228 e. The molecule has 4 aromatic heterocycles. The van der Waals surface area contributed by atoms with Gasteiger partial charge in [0.1, 0.15) is 29.8 Å². The molecular formula is C23H18FN5O2. The van der Waals surface area contributed by atoms with Crippen LogP contribution in [0.25, 0.3) is 21.7 Å². The molecule has 0 unspecified atom stereocenters. The summed E-state index contributed by atoms with van der Waals surface area (Å²) < 4.78 is 18.2. The highest BCUT2D eigenvalue weighted by Gasteiger charge is 2.29. The van der Waals surface area contributed by atoms with Gasteiger partial charge >= 0.3 is 0 Å². The predicted molar refractivity (Wildman–Crippen MR) is 115 cm³/mol. The third kappa shape index (κ3) is 3.78. The second-order valence-electron chi connectivity index (χ2n) is 7.35. The Hall–Kier alpha value is -3.99. The van der Waals surface area contributed by atoms with E-state index in [1.165, 1.54) is 6.20 Å². The lowest BCUT2D eigenvalue weighted by Crippen LogP contribution is -2.14. The second kappa shape index (κ2) is 7.69. The van der Waals surface area contributed by atoms with E-state index in [2.05, 4.69) is 37.4 Å². The standard InChI is InChI=1S/C23H18FN5O2/c1-25-22-19-11-27-21(29-23(30)13-2-3-13)8-18(19)14(10-28-22)4-5-16-6-15-7-17(9-24)31-20(15)12-26-16/h6-8,10-13H,2-3,9H2,1H3,(H,25,28)(H,27,29,30). The number of carbonyl (C=O) groups is 1. The van der Waals surface area contributed by atoms with Gasteiger partial charge in [0, 0.05) is 41.5 Å². The number of alkyl halides is 1. The topological polar surface area (TPSA) is 92.9 Å². The van der Waals surface area contributed by atoms with E-state index in [1.807, 2.05) is 6.07 Å². The van der Waals surface area contributed by atoms with Crippen LogP contribution in [0.4, 0.5) is 16.0 Å². The van der Waals surface area contributed by atoms with E-state index in [0.29, 0.717) is 28.5 Å². The largest absolute Gasteiger partial charge is 0.457 e. The zero-order valence-electron chi connectivity index (χ0n) is 16.7. The van der Waals surface area contributed by atoms with Crippen LogP contribution in [0.2, 0.25) is 0 Å². The minimum absolute atomic E-state index is 0.00681. The number of nitrogens with one attached hydrogen (secondary N) is 2. The molecular weight excluding hydrogens is 397 g/mol. The molecule has 1 aliphatic rings. The minimum Gasteiger partial charge on any atom is -0.457 e. The van der Waals surface area contributed by atoms with Crippen LogP contribution in [0, 0.1) is 17.8 Å². The Balaban J connectivity index is 1.53. The number of furan rings is 1. The van der Waals surface area contributed by atoms with Gasteiger partial charge in [-0.1, -0.05) is 5.92 Å². The van der Waals surface area contributed by atoms with Crippen LogP contribution < -0.4 is 10.6 Å². The number of hydrogen-bond acceptors (Lipinski definition) is 6. The summed E-state index contributed by atoms with van der Waals surface area (Å²) in [7, 11) is 1.78. The second-order valence-corrected chi connectivity index (χ2v) is 7.35. The van der Waals surface area contributed by atoms with Crippen LogP contribution in [0.1, 0.15) is 29.9 Å². The molecule has 2 N–H and O–H groups in total. The Bertz CT molecular complexity index is 1380. The molecule has 1 saturated carbocycles. The average molecular weight is 415 g/mol. The van der Waals surface area contributed by atoms with Gasteiger partial charge in [-0.3, -0.25) is 4.79 Å². The van der Waals surface area contributed by atoms with Gasteiger partial charge in [-0.25, -0.2) is 19.3 Å². The summed E-state index contributed by atoms with van der Waals surface area (Å²) in [5.74, 6) is 7.63. The van der Waals surface area contributed by atoms with Crippen LogP contribution in [0.5, 0.6) is 0 Å². The zero-order valence-corrected chi connectivity index (χ0v) is 16.7. The summed E-state index contributed by atoms with van der Waals surface area (Å²) in [5.41, 5.74) is 1.73. The highest BCUT2D eigenvalue weighted by Crippen LogP contribution is 2.31. The van der Waals surface area contributed by atoms with Crippen LogP contribution in [-0.2, 0) is 11.5 Å². The first kappa shape index (κ1) is 19.0. The van der Waals surface area contributed by atoms with Crippen molar-refractivity contribution in [2.75, 3.05) is 17.7 Å². The fraction of sp³-hybridized carbons (Fsp3) is 0.217. The first-order chi connectivity index (χ1) is 15.1. The zero-order chi connectivity index (χ0) is 21.4. The fourth-order valence-corrected chi connectivity index (χ4v) is 3.34. The van der Waals surface area contributed by atoms with Crippen molar-refractivity contribution in [3.8, 4) is 11.8 Å². The molecule has 5 rings (SSSR count). The molecule has 31 heavy (non-hydrogen) atoms. The lowest BCUT2D eigenvalue weighted by atomic mass is 10.1. The number of fused-ring (bicyclic) bond motifs is 2. The SMILES string of the molecule is CNc1ncc(C#Cc2cc3cc(CF)oc3cn2)c2cc(NC(=O)C3CC3)ncc12. The molecule has 4 heterocycles. The summed E-state index contributed by atoms with van der Waals surface area (Å²) in [6.45, 7) is -0.668. The third-order valence-electron chi connectivity index (χ3n) is 5.12. The number of carbonyl (C=O) groups excluding carboxylic acids is 1. The van der Waals surface area contributed by atoms with Crippen molar-refractivity contribution < 1.29 is 13.6 Å². The van der Waals surface area contributed by atoms with E-state index in [0.717, 1.165) is 29.0 Å². The first-order valence-corrected chi connectivity index (χ1v) is 9.88. The van der Waals surface area contributed by atoms with E-state index in [1.54, 1.807) is 31.6 Å². The van der Waals surface area contributed by atoms with Crippen LogP contribution in [0.15, 0.2) is 41.2 Å². The summed E-state index contributed by atoms with van der Waals surface area (Å²) in [6, 6.07) is 5.20. The van der Waals surface area contributed by atoms with E-state index in [9.17, 15) is 9.18 Å². The number of anilines is 2. The van der Waals surface area contributed by atoms with Crippen molar-refractivity contribution in [3.05, 3.63) is 53.8 Å². The molecule has 154 valence electrons. The normalized spacial score (nSPS) is 13.1. The average Bonchev–Trinajstić information content (AvgIpc) is 3.56. The molecule has 0 atom stereocenters. The third-order valence-corrected chi connectivity index (χ3v) is 5.12. The lowest BCUT2D eigenvalue weighted by molar-refractivity contribution is -0.117. The number of pyridine rings is 3. The van der Waals surface area contributed by atoms with E-state index >= 15 is 0 Å². The molecule has 0 bridgehead atoms. The monoisotopic (exact) mass is 415 g/mol. The van der Waals surface area contributed by atoms with Gasteiger partial charge in [0.15, 0.2) is 5.58 Å². The van der Waals surface area contributed by atoms with Crippen LogP contribution in [0.3, 0.4) is 0 Å². The number of aromatic nitrogens is 3. The number of nitrogens with zero attached hydrogens (tertiary/aromatic N) is 3. The summed E-state index contributed by atoms with van der Waals surface area (Å²) in [6.07, 6.45) is 6.73. The molecule has 0 radical (unpaired) electrons. The van der Waals surface area contributed by atoms with Crippen LogP contribution >= 0.6 is 0 Å². The van der Waals surface area contributed by atoms with Gasteiger partial charge in [0.2, 0.25) is 5.91 Å². The number of amides is 1. The lowest BCUT2D eigenvalue weighted by Gasteiger charge is -2.09. The maximum atomic E-state index is 12.8. The molecule has 7 nitrogen and oxygen atoms in total. The highest BCUT2D eigenvalue weighted by molar-refractivity contribution is 5.99. The molecule has 1 amide bonds. The predicted octanol–water partition coefficient (Wildman–Crippen LogP) is 4.03. The van der Waals surface area contributed by atoms with Gasteiger partial charge in [0.05, 0.1) is 11.8 Å². The van der Waals surface area contributed by atoms with Crippen molar-refractivity contribution >= 4 is 39.3 Å². The Labute approximate surface area is 177 Å². The molecule has 0 spiro atoms. The van der Waals surface area contributed by atoms with E-state index < -0.39 is 6.67 Å². The van der Waals surface area contributed by atoms with Gasteiger partial charge in [-0.2, -0.15) is 0 Å². The van der Waals surface area contributed by atoms with Crippen molar-refractivity contribution in [1.29, 1.82) is 0 Å². The Kier molecular flexibility index (Phi) is 4.71. The summed E-state index contributed by atoms with van der Waals surface area (Å²) >= 11 is 0. The maximum absolute atomic E-state index is 12.8. The molecule has 4 aromatic rings. The highest BCUT2D eigenvalue weighted by atomic mass is 19.1. The van der Waals surface area contributed by atoms with Gasteiger partial charge in [-0.05, 0) is 37.0 Å². The van der Waals surface area contributed by atoms with Gasteiger partial charge in [-0.15, -0.1) is 0 Å². The molecule has 0 aliphatic heterocycles. The van der Waals surface area contributed by atoms with E-state index in [4.69, 9.17) is 4.42 Å². The number of hydrogen-bond donors (Lipinski definition) is 2. The fourth-order valence-electron chi connectivity index (χ4n) is 3.34. The Morgan fingerprint density at radius 1 is 1.13 bits per heavy atom.